The fraction of sp³-hybridized carbons (Fsp3) is 0.400. The lowest BCUT2D eigenvalue weighted by atomic mass is 10.2. The van der Waals surface area contributed by atoms with Crippen molar-refractivity contribution in [3.8, 4) is 11.5 Å². The van der Waals surface area contributed by atoms with E-state index in [2.05, 4.69) is 5.32 Å². The van der Waals surface area contributed by atoms with Crippen LogP contribution in [0.2, 0.25) is 0 Å². The second kappa shape index (κ2) is 10.3. The van der Waals surface area contributed by atoms with Gasteiger partial charge >= 0.3 is 0 Å². The third kappa shape index (κ3) is 5.57. The Kier molecular flexibility index (Phi) is 7.72. The van der Waals surface area contributed by atoms with E-state index in [1.54, 1.807) is 23.1 Å². The van der Waals surface area contributed by atoms with Crippen LogP contribution in [0.15, 0.2) is 34.5 Å². The molecule has 1 saturated heterocycles. The van der Waals surface area contributed by atoms with Crippen LogP contribution in [0.1, 0.15) is 9.67 Å². The number of amides is 2. The lowest BCUT2D eigenvalue weighted by Gasteiger charge is -2.26. The first-order valence-corrected chi connectivity index (χ1v) is 12.0. The largest absolute Gasteiger partial charge is 0.497 e. The maximum absolute atomic E-state index is 12.9. The Morgan fingerprint density at radius 3 is 2.34 bits per heavy atom. The van der Waals surface area contributed by atoms with E-state index < -0.39 is 22.5 Å². The standard InChI is InChI=1S/C20H25N3O7S2/c1-22(13-18(24)21-14-10-15(28-2)12-16(11-14)29-3)32(26,27)19-5-4-17(31-19)20(25)23-6-8-30-9-7-23/h4-5,10-12H,6-9,13H2,1-3H3,(H,21,24). The van der Waals surface area contributed by atoms with Gasteiger partial charge in [0, 0.05) is 44.0 Å². The second-order valence-corrected chi connectivity index (χ2v) is 10.3. The van der Waals surface area contributed by atoms with Gasteiger partial charge in [-0.05, 0) is 12.1 Å². The van der Waals surface area contributed by atoms with Crippen molar-refractivity contribution >= 4 is 38.9 Å². The average molecular weight is 484 g/mol. The molecule has 1 aliphatic heterocycles. The van der Waals surface area contributed by atoms with Gasteiger partial charge < -0.3 is 24.4 Å². The Morgan fingerprint density at radius 1 is 1.12 bits per heavy atom. The molecule has 3 rings (SSSR count). The van der Waals surface area contributed by atoms with Crippen LogP contribution in [-0.2, 0) is 19.6 Å². The maximum atomic E-state index is 12.9. The first-order valence-electron chi connectivity index (χ1n) is 9.70. The minimum atomic E-state index is -3.95. The minimum absolute atomic E-state index is 0.00698. The summed E-state index contributed by atoms with van der Waals surface area (Å²) in [5.74, 6) is 0.202. The number of methoxy groups -OCH3 is 2. The van der Waals surface area contributed by atoms with Gasteiger partial charge in [0.1, 0.15) is 15.7 Å². The number of benzene rings is 1. The highest BCUT2D eigenvalue weighted by Gasteiger charge is 2.27. The summed E-state index contributed by atoms with van der Waals surface area (Å²) in [6, 6.07) is 7.72. The van der Waals surface area contributed by atoms with Gasteiger partial charge in [0.05, 0.1) is 38.9 Å². The van der Waals surface area contributed by atoms with Crippen LogP contribution in [0.5, 0.6) is 11.5 Å². The molecule has 0 radical (unpaired) electrons. The number of hydrogen-bond acceptors (Lipinski definition) is 8. The van der Waals surface area contributed by atoms with E-state index in [1.165, 1.54) is 33.4 Å². The van der Waals surface area contributed by atoms with Gasteiger partial charge in [-0.1, -0.05) is 0 Å². The van der Waals surface area contributed by atoms with Crippen molar-refractivity contribution in [3.05, 3.63) is 35.2 Å². The molecular weight excluding hydrogens is 458 g/mol. The van der Waals surface area contributed by atoms with E-state index in [0.29, 0.717) is 48.4 Å². The van der Waals surface area contributed by atoms with Crippen LogP contribution < -0.4 is 14.8 Å². The monoisotopic (exact) mass is 483 g/mol. The highest BCUT2D eigenvalue weighted by atomic mass is 32.2. The number of carbonyl (C=O) groups is 2. The molecule has 2 amide bonds. The van der Waals surface area contributed by atoms with Crippen molar-refractivity contribution in [2.75, 3.05) is 59.4 Å². The zero-order valence-corrected chi connectivity index (χ0v) is 19.6. The number of anilines is 1. The molecule has 2 aromatic rings. The molecule has 1 N–H and O–H groups in total. The molecule has 1 fully saturated rings. The number of nitrogens with one attached hydrogen (secondary N) is 1. The number of ether oxygens (including phenoxy) is 3. The SMILES string of the molecule is COc1cc(NC(=O)CN(C)S(=O)(=O)c2ccc(C(=O)N3CCOCC3)s2)cc(OC)c1. The maximum Gasteiger partial charge on any atom is 0.264 e. The molecule has 0 spiro atoms. The molecule has 1 aromatic heterocycles. The fourth-order valence-corrected chi connectivity index (χ4v) is 5.63. The number of likely N-dealkylation sites (N-methyl/N-ethyl adjacent to an activating group) is 1. The number of morpholine rings is 1. The van der Waals surface area contributed by atoms with Crippen molar-refractivity contribution < 1.29 is 32.2 Å². The van der Waals surface area contributed by atoms with Crippen molar-refractivity contribution in [1.29, 1.82) is 0 Å². The summed E-state index contributed by atoms with van der Waals surface area (Å²) in [6.45, 7) is 1.44. The normalized spacial score (nSPS) is 14.3. The van der Waals surface area contributed by atoms with E-state index in [4.69, 9.17) is 14.2 Å². The summed E-state index contributed by atoms with van der Waals surface area (Å²) in [4.78, 5) is 27.0. The smallest absolute Gasteiger partial charge is 0.264 e. The van der Waals surface area contributed by atoms with E-state index in [1.807, 2.05) is 0 Å². The van der Waals surface area contributed by atoms with Crippen molar-refractivity contribution in [2.45, 2.75) is 4.21 Å². The number of nitrogens with zero attached hydrogens (tertiary/aromatic N) is 2. The quantitative estimate of drug-likeness (QED) is 0.605. The van der Waals surface area contributed by atoms with E-state index in [-0.39, 0.29) is 10.1 Å². The topological polar surface area (TPSA) is 114 Å². The lowest BCUT2D eigenvalue weighted by Crippen LogP contribution is -2.40. The third-order valence-corrected chi connectivity index (χ3v) is 8.10. The fourth-order valence-electron chi connectivity index (χ4n) is 3.02. The zero-order chi connectivity index (χ0) is 23.3. The molecule has 0 bridgehead atoms. The van der Waals surface area contributed by atoms with Crippen molar-refractivity contribution in [3.63, 3.8) is 0 Å². The van der Waals surface area contributed by atoms with E-state index in [9.17, 15) is 18.0 Å². The molecule has 32 heavy (non-hydrogen) atoms. The highest BCUT2D eigenvalue weighted by Crippen LogP contribution is 2.27. The molecule has 0 unspecified atom stereocenters. The predicted molar refractivity (Wildman–Crippen MR) is 119 cm³/mol. The van der Waals surface area contributed by atoms with E-state index >= 15 is 0 Å². The molecule has 2 heterocycles. The molecular formula is C20H25N3O7S2. The predicted octanol–water partition coefficient (Wildman–Crippen LogP) is 1.50. The first-order chi connectivity index (χ1) is 15.2. The van der Waals surface area contributed by atoms with Crippen molar-refractivity contribution in [1.82, 2.24) is 9.21 Å². The van der Waals surface area contributed by atoms with Gasteiger partial charge in [-0.3, -0.25) is 9.59 Å². The second-order valence-electron chi connectivity index (χ2n) is 6.93. The minimum Gasteiger partial charge on any atom is -0.497 e. The van der Waals surface area contributed by atoms with E-state index in [0.717, 1.165) is 15.6 Å². The number of hydrogen-bond donors (Lipinski definition) is 1. The van der Waals surface area contributed by atoms with Gasteiger partial charge in [-0.15, -0.1) is 11.3 Å². The molecule has 1 aromatic carbocycles. The molecule has 0 saturated carbocycles. The summed E-state index contributed by atoms with van der Waals surface area (Å²) < 4.78 is 42.3. The first kappa shape index (κ1) is 24.0. The molecule has 0 aliphatic carbocycles. The summed E-state index contributed by atoms with van der Waals surface area (Å²) >= 11 is 0.884. The average Bonchev–Trinajstić information content (AvgIpc) is 3.29. The summed E-state index contributed by atoms with van der Waals surface area (Å²) in [6.07, 6.45) is 0. The number of rotatable bonds is 8. The van der Waals surface area contributed by atoms with Crippen LogP contribution in [-0.4, -0.2) is 83.6 Å². The summed E-state index contributed by atoms with van der Waals surface area (Å²) in [5.41, 5.74) is 0.409. The Morgan fingerprint density at radius 2 is 1.75 bits per heavy atom. The van der Waals surface area contributed by atoms with Crippen LogP contribution in [0.3, 0.4) is 0 Å². The van der Waals surface area contributed by atoms with Crippen LogP contribution in [0, 0.1) is 0 Å². The highest BCUT2D eigenvalue weighted by molar-refractivity contribution is 7.91. The van der Waals surface area contributed by atoms with Crippen LogP contribution in [0.25, 0.3) is 0 Å². The van der Waals surface area contributed by atoms with Gasteiger partial charge in [0.2, 0.25) is 5.91 Å². The number of thiophene rings is 1. The number of sulfonamides is 1. The zero-order valence-electron chi connectivity index (χ0n) is 18.0. The van der Waals surface area contributed by atoms with Gasteiger partial charge in [0.25, 0.3) is 15.9 Å². The van der Waals surface area contributed by atoms with Gasteiger partial charge in [-0.25, -0.2) is 8.42 Å². The van der Waals surface area contributed by atoms with Gasteiger partial charge in [-0.2, -0.15) is 4.31 Å². The van der Waals surface area contributed by atoms with Gasteiger partial charge in [0.15, 0.2) is 0 Å². The molecule has 0 atom stereocenters. The third-order valence-electron chi connectivity index (χ3n) is 4.76. The summed E-state index contributed by atoms with van der Waals surface area (Å²) in [5, 5.41) is 2.64. The molecule has 174 valence electrons. The number of carbonyl (C=O) groups excluding carboxylic acids is 2. The Labute approximate surface area is 190 Å². The Hall–Kier alpha value is -2.67. The molecule has 12 heteroatoms. The Balaban J connectivity index is 1.67. The lowest BCUT2D eigenvalue weighted by molar-refractivity contribution is -0.116. The Bertz CT molecular complexity index is 1060. The van der Waals surface area contributed by atoms with Crippen molar-refractivity contribution in [2.24, 2.45) is 0 Å². The summed E-state index contributed by atoms with van der Waals surface area (Å²) in [7, 11) is 0.332. The molecule has 10 nitrogen and oxygen atoms in total. The van der Waals surface area contributed by atoms with Crippen LogP contribution in [0.4, 0.5) is 5.69 Å². The van der Waals surface area contributed by atoms with Crippen LogP contribution >= 0.6 is 11.3 Å². The molecule has 1 aliphatic rings.